The standard InChI is InChI=1S/C13H18ClN/c1-13(6-3-7-13)10-15-9-11-4-2-5-12(14)8-11/h2,4-5,8,15H,3,6-7,9-10H2,1H3. The zero-order chi connectivity index (χ0) is 10.7. The third-order valence-electron chi connectivity index (χ3n) is 3.33. The minimum absolute atomic E-state index is 0.554. The Labute approximate surface area is 96.8 Å². The van der Waals surface area contributed by atoms with Crippen molar-refractivity contribution in [1.29, 1.82) is 0 Å². The summed E-state index contributed by atoms with van der Waals surface area (Å²) in [5, 5.41) is 4.34. The quantitative estimate of drug-likeness (QED) is 0.822. The Balaban J connectivity index is 1.78. The highest BCUT2D eigenvalue weighted by atomic mass is 35.5. The van der Waals surface area contributed by atoms with Gasteiger partial charge in [0.15, 0.2) is 0 Å². The highest BCUT2D eigenvalue weighted by Gasteiger charge is 2.30. The number of rotatable bonds is 4. The molecule has 0 aromatic heterocycles. The van der Waals surface area contributed by atoms with Crippen molar-refractivity contribution in [2.75, 3.05) is 6.54 Å². The third kappa shape index (κ3) is 2.96. The van der Waals surface area contributed by atoms with E-state index in [1.54, 1.807) is 0 Å². The largest absolute Gasteiger partial charge is 0.312 e. The SMILES string of the molecule is CC1(CNCc2cccc(Cl)c2)CCC1. The van der Waals surface area contributed by atoms with Crippen LogP contribution in [0.1, 0.15) is 31.7 Å². The van der Waals surface area contributed by atoms with Crippen LogP contribution in [0.25, 0.3) is 0 Å². The first kappa shape index (κ1) is 11.0. The molecule has 0 atom stereocenters. The van der Waals surface area contributed by atoms with E-state index in [-0.39, 0.29) is 0 Å². The molecular formula is C13H18ClN. The second-order valence-corrected chi connectivity index (χ2v) is 5.33. The fraction of sp³-hybridized carbons (Fsp3) is 0.538. The lowest BCUT2D eigenvalue weighted by Crippen LogP contribution is -2.36. The Morgan fingerprint density at radius 3 is 2.80 bits per heavy atom. The minimum atomic E-state index is 0.554. The lowest BCUT2D eigenvalue weighted by atomic mass is 9.70. The maximum atomic E-state index is 5.92. The Morgan fingerprint density at radius 1 is 1.40 bits per heavy atom. The molecule has 1 saturated carbocycles. The van der Waals surface area contributed by atoms with Crippen LogP contribution in [0.4, 0.5) is 0 Å². The van der Waals surface area contributed by atoms with Crippen LogP contribution in [-0.4, -0.2) is 6.54 Å². The van der Waals surface area contributed by atoms with Crippen molar-refractivity contribution in [3.63, 3.8) is 0 Å². The molecule has 0 unspecified atom stereocenters. The number of nitrogens with one attached hydrogen (secondary N) is 1. The van der Waals surface area contributed by atoms with E-state index in [2.05, 4.69) is 18.3 Å². The molecule has 0 aliphatic heterocycles. The van der Waals surface area contributed by atoms with Gasteiger partial charge < -0.3 is 5.32 Å². The molecule has 1 aliphatic rings. The topological polar surface area (TPSA) is 12.0 Å². The molecule has 2 heteroatoms. The lowest BCUT2D eigenvalue weighted by Gasteiger charge is -2.38. The van der Waals surface area contributed by atoms with Crippen molar-refractivity contribution < 1.29 is 0 Å². The first-order valence-corrected chi connectivity index (χ1v) is 6.01. The van der Waals surface area contributed by atoms with Crippen LogP contribution in [0.2, 0.25) is 5.02 Å². The molecule has 2 rings (SSSR count). The third-order valence-corrected chi connectivity index (χ3v) is 3.57. The number of hydrogen-bond acceptors (Lipinski definition) is 1. The van der Waals surface area contributed by atoms with Crippen molar-refractivity contribution in [2.45, 2.75) is 32.7 Å². The van der Waals surface area contributed by atoms with Crippen molar-refractivity contribution in [1.82, 2.24) is 5.32 Å². The van der Waals surface area contributed by atoms with Crippen LogP contribution in [0.3, 0.4) is 0 Å². The van der Waals surface area contributed by atoms with Gasteiger partial charge in [0.1, 0.15) is 0 Å². The van der Waals surface area contributed by atoms with Crippen LogP contribution in [0.5, 0.6) is 0 Å². The fourth-order valence-corrected chi connectivity index (χ4v) is 2.33. The number of hydrogen-bond donors (Lipinski definition) is 1. The molecule has 0 saturated heterocycles. The van der Waals surface area contributed by atoms with Gasteiger partial charge in [-0.3, -0.25) is 0 Å². The summed E-state index contributed by atoms with van der Waals surface area (Å²) in [5.74, 6) is 0. The molecule has 1 aromatic carbocycles. The molecule has 0 spiro atoms. The van der Waals surface area contributed by atoms with E-state index < -0.39 is 0 Å². The van der Waals surface area contributed by atoms with Gasteiger partial charge in [-0.15, -0.1) is 0 Å². The maximum absolute atomic E-state index is 5.92. The Kier molecular flexibility index (Phi) is 3.32. The van der Waals surface area contributed by atoms with E-state index in [0.717, 1.165) is 18.1 Å². The molecule has 1 aromatic rings. The maximum Gasteiger partial charge on any atom is 0.0409 e. The van der Waals surface area contributed by atoms with E-state index in [0.29, 0.717) is 5.41 Å². The Bertz CT molecular complexity index is 331. The second kappa shape index (κ2) is 4.54. The predicted molar refractivity (Wildman–Crippen MR) is 65.1 cm³/mol. The predicted octanol–water partition coefficient (Wildman–Crippen LogP) is 3.62. The Hall–Kier alpha value is -0.530. The van der Waals surface area contributed by atoms with Crippen molar-refractivity contribution >= 4 is 11.6 Å². The van der Waals surface area contributed by atoms with Gasteiger partial charge in [-0.2, -0.15) is 0 Å². The Morgan fingerprint density at radius 2 is 2.20 bits per heavy atom. The normalized spacial score (nSPS) is 18.5. The van der Waals surface area contributed by atoms with Crippen molar-refractivity contribution in [2.24, 2.45) is 5.41 Å². The summed E-state index contributed by atoms with van der Waals surface area (Å²) in [4.78, 5) is 0. The molecule has 0 amide bonds. The molecule has 15 heavy (non-hydrogen) atoms. The molecule has 1 N–H and O–H groups in total. The van der Waals surface area contributed by atoms with Gasteiger partial charge in [0.2, 0.25) is 0 Å². The minimum Gasteiger partial charge on any atom is -0.312 e. The summed E-state index contributed by atoms with van der Waals surface area (Å²) in [5.41, 5.74) is 1.82. The van der Waals surface area contributed by atoms with E-state index in [4.69, 9.17) is 11.6 Å². The molecule has 82 valence electrons. The lowest BCUT2D eigenvalue weighted by molar-refractivity contribution is 0.156. The first-order valence-electron chi connectivity index (χ1n) is 5.63. The van der Waals surface area contributed by atoms with Gasteiger partial charge in [0.25, 0.3) is 0 Å². The summed E-state index contributed by atoms with van der Waals surface area (Å²) in [6, 6.07) is 8.06. The summed E-state index contributed by atoms with van der Waals surface area (Å²) >= 11 is 5.92. The van der Waals surface area contributed by atoms with E-state index in [1.165, 1.54) is 24.8 Å². The average Bonchev–Trinajstić information content (AvgIpc) is 2.15. The highest BCUT2D eigenvalue weighted by molar-refractivity contribution is 6.30. The molecule has 0 heterocycles. The van der Waals surface area contributed by atoms with Gasteiger partial charge in [-0.25, -0.2) is 0 Å². The van der Waals surface area contributed by atoms with Crippen molar-refractivity contribution in [3.05, 3.63) is 34.9 Å². The van der Waals surface area contributed by atoms with Gasteiger partial charge in [0, 0.05) is 18.1 Å². The molecule has 1 aliphatic carbocycles. The van der Waals surface area contributed by atoms with E-state index in [1.807, 2.05) is 18.2 Å². The summed E-state index contributed by atoms with van der Waals surface area (Å²) in [6.45, 7) is 4.41. The van der Waals surface area contributed by atoms with Crippen molar-refractivity contribution in [3.8, 4) is 0 Å². The number of benzene rings is 1. The molecule has 0 radical (unpaired) electrons. The monoisotopic (exact) mass is 223 g/mol. The fourth-order valence-electron chi connectivity index (χ4n) is 2.11. The second-order valence-electron chi connectivity index (χ2n) is 4.90. The summed E-state index contributed by atoms with van der Waals surface area (Å²) in [6.07, 6.45) is 4.14. The van der Waals surface area contributed by atoms with Crippen LogP contribution >= 0.6 is 11.6 Å². The van der Waals surface area contributed by atoms with E-state index in [9.17, 15) is 0 Å². The van der Waals surface area contributed by atoms with Gasteiger partial charge in [0.05, 0.1) is 0 Å². The smallest absolute Gasteiger partial charge is 0.0409 e. The van der Waals surface area contributed by atoms with E-state index >= 15 is 0 Å². The zero-order valence-electron chi connectivity index (χ0n) is 9.22. The van der Waals surface area contributed by atoms with Gasteiger partial charge >= 0.3 is 0 Å². The number of halogens is 1. The molecule has 1 nitrogen and oxygen atoms in total. The van der Waals surface area contributed by atoms with Crippen LogP contribution in [-0.2, 0) is 6.54 Å². The van der Waals surface area contributed by atoms with Gasteiger partial charge in [-0.1, -0.05) is 37.1 Å². The zero-order valence-corrected chi connectivity index (χ0v) is 9.98. The van der Waals surface area contributed by atoms with Crippen LogP contribution in [0.15, 0.2) is 24.3 Å². The van der Waals surface area contributed by atoms with Crippen LogP contribution < -0.4 is 5.32 Å². The van der Waals surface area contributed by atoms with Crippen LogP contribution in [0, 0.1) is 5.41 Å². The summed E-state index contributed by atoms with van der Waals surface area (Å²) in [7, 11) is 0. The average molecular weight is 224 g/mol. The van der Waals surface area contributed by atoms with Gasteiger partial charge in [-0.05, 0) is 36.0 Å². The summed E-state index contributed by atoms with van der Waals surface area (Å²) < 4.78 is 0. The molecule has 0 bridgehead atoms. The molecule has 1 fully saturated rings. The first-order chi connectivity index (χ1) is 7.18. The molecular weight excluding hydrogens is 206 g/mol. The highest BCUT2D eigenvalue weighted by Crippen LogP contribution is 2.39.